The Kier molecular flexibility index (Phi) is 5.65. The van der Waals surface area contributed by atoms with Crippen LogP contribution in [0.1, 0.15) is 42.1 Å². The number of aromatic nitrogens is 2. The molecule has 2 aromatic carbocycles. The zero-order valence-corrected chi connectivity index (χ0v) is 16.9. The fourth-order valence-electron chi connectivity index (χ4n) is 3.89. The molecule has 146 valence electrons. The van der Waals surface area contributed by atoms with Crippen molar-refractivity contribution in [2.75, 3.05) is 19.0 Å². The first-order valence-electron chi connectivity index (χ1n) is 10.4. The summed E-state index contributed by atoms with van der Waals surface area (Å²) in [5.41, 5.74) is 6.43. The van der Waals surface area contributed by atoms with Crippen LogP contribution in [0.2, 0.25) is 0 Å². The molecule has 4 nitrogen and oxygen atoms in total. The van der Waals surface area contributed by atoms with Crippen molar-refractivity contribution < 1.29 is 4.74 Å². The number of hydrogen-bond donors (Lipinski definition) is 1. The van der Waals surface area contributed by atoms with E-state index < -0.39 is 0 Å². The second kappa shape index (κ2) is 8.51. The number of hydrogen-bond acceptors (Lipinski definition) is 3. The van der Waals surface area contributed by atoms with E-state index in [1.54, 1.807) is 7.11 Å². The Balaban J connectivity index is 1.61. The third-order valence-corrected chi connectivity index (χ3v) is 5.61. The predicted octanol–water partition coefficient (Wildman–Crippen LogP) is 4.98. The van der Waals surface area contributed by atoms with E-state index in [1.807, 2.05) is 12.1 Å². The van der Waals surface area contributed by atoms with Crippen LogP contribution in [0.25, 0.3) is 5.69 Å². The first-order valence-corrected chi connectivity index (χ1v) is 10.4. The van der Waals surface area contributed by atoms with Crippen LogP contribution in [-0.2, 0) is 25.7 Å². The van der Waals surface area contributed by atoms with Crippen molar-refractivity contribution in [2.24, 2.45) is 0 Å². The second-order valence-corrected chi connectivity index (χ2v) is 7.44. The lowest BCUT2D eigenvalue weighted by atomic mass is 10.0. The van der Waals surface area contributed by atoms with Gasteiger partial charge in [-0.25, -0.2) is 4.68 Å². The van der Waals surface area contributed by atoms with E-state index >= 15 is 0 Å². The van der Waals surface area contributed by atoms with E-state index in [0.717, 1.165) is 43.7 Å². The number of anilines is 1. The van der Waals surface area contributed by atoms with Gasteiger partial charge in [0, 0.05) is 12.1 Å². The minimum atomic E-state index is 0.904. The average Bonchev–Trinajstić information content (AvgIpc) is 2.92. The molecule has 1 aliphatic rings. The summed E-state index contributed by atoms with van der Waals surface area (Å²) in [7, 11) is 1.71. The Morgan fingerprint density at radius 3 is 2.43 bits per heavy atom. The zero-order chi connectivity index (χ0) is 19.3. The highest BCUT2D eigenvalue weighted by atomic mass is 16.5. The molecule has 0 bridgehead atoms. The van der Waals surface area contributed by atoms with E-state index in [9.17, 15) is 0 Å². The summed E-state index contributed by atoms with van der Waals surface area (Å²) in [4.78, 5) is 0. The lowest BCUT2D eigenvalue weighted by Gasteiger charge is -2.09. The van der Waals surface area contributed by atoms with Gasteiger partial charge in [-0.2, -0.15) is 5.10 Å². The van der Waals surface area contributed by atoms with Crippen LogP contribution in [0.4, 0.5) is 5.82 Å². The van der Waals surface area contributed by atoms with Crippen LogP contribution < -0.4 is 10.1 Å². The molecule has 1 N–H and O–H groups in total. The lowest BCUT2D eigenvalue weighted by Crippen LogP contribution is -2.07. The van der Waals surface area contributed by atoms with Gasteiger partial charge in [0.15, 0.2) is 0 Å². The Hall–Kier alpha value is -2.75. The Morgan fingerprint density at radius 2 is 1.71 bits per heavy atom. The van der Waals surface area contributed by atoms with Crippen LogP contribution in [0.3, 0.4) is 0 Å². The highest BCUT2D eigenvalue weighted by Gasteiger charge is 2.20. The van der Waals surface area contributed by atoms with Gasteiger partial charge in [-0.3, -0.25) is 0 Å². The molecular formula is C24H29N3O. The first-order chi connectivity index (χ1) is 13.8. The lowest BCUT2D eigenvalue weighted by molar-refractivity contribution is 0.414. The van der Waals surface area contributed by atoms with Crippen molar-refractivity contribution in [3.8, 4) is 11.4 Å². The zero-order valence-electron chi connectivity index (χ0n) is 16.9. The summed E-state index contributed by atoms with van der Waals surface area (Å²) in [6.07, 6.45) is 6.53. The van der Waals surface area contributed by atoms with Crippen LogP contribution in [0.5, 0.6) is 5.75 Å². The molecule has 0 amide bonds. The molecule has 2 heterocycles. The van der Waals surface area contributed by atoms with Gasteiger partial charge >= 0.3 is 0 Å². The molecule has 28 heavy (non-hydrogen) atoms. The standard InChI is InChI=1S/C24H29N3O/c1-3-18-7-12-20(13-8-18)27-24-22(6-4-5-17-25-24)23(26-27)16-11-19-9-14-21(28-2)15-10-19/h7-10,12-15,25H,3-6,11,16-17H2,1-2H3. The summed E-state index contributed by atoms with van der Waals surface area (Å²) in [5.74, 6) is 2.09. The number of ether oxygens (including phenoxy) is 1. The quantitative estimate of drug-likeness (QED) is 0.661. The van der Waals surface area contributed by atoms with Crippen LogP contribution in [0.15, 0.2) is 48.5 Å². The van der Waals surface area contributed by atoms with Crippen LogP contribution in [0, 0.1) is 0 Å². The summed E-state index contributed by atoms with van der Waals surface area (Å²) in [6, 6.07) is 17.1. The van der Waals surface area contributed by atoms with Gasteiger partial charge in [0.05, 0.1) is 18.5 Å². The number of benzene rings is 2. The topological polar surface area (TPSA) is 39.1 Å². The van der Waals surface area contributed by atoms with Gasteiger partial charge in [0.1, 0.15) is 11.6 Å². The van der Waals surface area contributed by atoms with E-state index in [4.69, 9.17) is 9.84 Å². The third kappa shape index (κ3) is 3.91. The molecule has 4 heteroatoms. The van der Waals surface area contributed by atoms with Gasteiger partial charge in [0.25, 0.3) is 0 Å². The maximum Gasteiger partial charge on any atom is 0.133 e. The monoisotopic (exact) mass is 375 g/mol. The Morgan fingerprint density at radius 1 is 0.964 bits per heavy atom. The third-order valence-electron chi connectivity index (χ3n) is 5.61. The van der Waals surface area contributed by atoms with Gasteiger partial charge in [-0.1, -0.05) is 31.2 Å². The summed E-state index contributed by atoms with van der Waals surface area (Å²) in [5, 5.41) is 8.68. The van der Waals surface area contributed by atoms with Crippen LogP contribution in [-0.4, -0.2) is 23.4 Å². The van der Waals surface area contributed by atoms with E-state index in [1.165, 1.54) is 41.0 Å². The number of aryl methyl sites for hydroxylation is 3. The predicted molar refractivity (Wildman–Crippen MR) is 115 cm³/mol. The van der Waals surface area contributed by atoms with E-state index in [-0.39, 0.29) is 0 Å². The van der Waals surface area contributed by atoms with Gasteiger partial charge in [-0.05, 0) is 73.9 Å². The summed E-state index contributed by atoms with van der Waals surface area (Å²) in [6.45, 7) is 3.21. The molecular weight excluding hydrogens is 346 g/mol. The molecule has 0 fully saturated rings. The average molecular weight is 376 g/mol. The molecule has 0 spiro atoms. The molecule has 0 radical (unpaired) electrons. The second-order valence-electron chi connectivity index (χ2n) is 7.44. The van der Waals surface area contributed by atoms with E-state index in [2.05, 4.69) is 53.3 Å². The van der Waals surface area contributed by atoms with Gasteiger partial charge in [0.2, 0.25) is 0 Å². The SMILES string of the molecule is CCc1ccc(-n2nc(CCc3ccc(OC)cc3)c3c2NCCCC3)cc1. The maximum absolute atomic E-state index is 5.27. The van der Waals surface area contributed by atoms with Crippen molar-refractivity contribution in [3.63, 3.8) is 0 Å². The number of nitrogens with one attached hydrogen (secondary N) is 1. The van der Waals surface area contributed by atoms with Crippen LogP contribution >= 0.6 is 0 Å². The first kappa shape index (κ1) is 18.6. The molecule has 1 aliphatic heterocycles. The number of methoxy groups -OCH3 is 1. The fraction of sp³-hybridized carbons (Fsp3) is 0.375. The highest BCUT2D eigenvalue weighted by Crippen LogP contribution is 2.29. The van der Waals surface area contributed by atoms with Crippen molar-refractivity contribution in [1.29, 1.82) is 0 Å². The normalized spacial score (nSPS) is 13.5. The van der Waals surface area contributed by atoms with Crippen molar-refractivity contribution in [2.45, 2.75) is 45.4 Å². The molecule has 0 atom stereocenters. The molecule has 0 unspecified atom stereocenters. The Bertz CT molecular complexity index is 910. The molecule has 0 aliphatic carbocycles. The molecule has 1 aromatic heterocycles. The minimum absolute atomic E-state index is 0.904. The van der Waals surface area contributed by atoms with Crippen molar-refractivity contribution in [3.05, 3.63) is 70.9 Å². The molecule has 4 rings (SSSR count). The molecule has 0 saturated heterocycles. The largest absolute Gasteiger partial charge is 0.497 e. The van der Waals surface area contributed by atoms with E-state index in [0.29, 0.717) is 0 Å². The summed E-state index contributed by atoms with van der Waals surface area (Å²) < 4.78 is 7.38. The van der Waals surface area contributed by atoms with Gasteiger partial charge in [-0.15, -0.1) is 0 Å². The molecule has 3 aromatic rings. The number of nitrogens with zero attached hydrogens (tertiary/aromatic N) is 2. The minimum Gasteiger partial charge on any atom is -0.497 e. The van der Waals surface area contributed by atoms with Crippen molar-refractivity contribution in [1.82, 2.24) is 9.78 Å². The number of fused-ring (bicyclic) bond motifs is 1. The highest BCUT2D eigenvalue weighted by molar-refractivity contribution is 5.54. The Labute approximate surface area is 167 Å². The fourth-order valence-corrected chi connectivity index (χ4v) is 3.89. The smallest absolute Gasteiger partial charge is 0.133 e. The van der Waals surface area contributed by atoms with Gasteiger partial charge < -0.3 is 10.1 Å². The van der Waals surface area contributed by atoms with Crippen molar-refractivity contribution >= 4 is 5.82 Å². The maximum atomic E-state index is 5.27. The molecule has 0 saturated carbocycles. The number of rotatable bonds is 6. The summed E-state index contributed by atoms with van der Waals surface area (Å²) >= 11 is 0.